The van der Waals surface area contributed by atoms with Crippen molar-refractivity contribution in [3.63, 3.8) is 0 Å². The third-order valence-electron chi connectivity index (χ3n) is 0.433. The second-order valence-corrected chi connectivity index (χ2v) is 1.22. The van der Waals surface area contributed by atoms with E-state index in [9.17, 15) is 0 Å². The molecule has 0 aromatic rings. The van der Waals surface area contributed by atoms with Crippen LogP contribution in [0.4, 0.5) is 0 Å². The summed E-state index contributed by atoms with van der Waals surface area (Å²) in [6, 6.07) is 0. The molecule has 0 aliphatic rings. The lowest BCUT2D eigenvalue weighted by Gasteiger charge is -1.79. The summed E-state index contributed by atoms with van der Waals surface area (Å²) in [4.78, 5) is 7.23. The fourth-order valence-electron chi connectivity index (χ4n) is 0.172. The van der Waals surface area contributed by atoms with Crippen LogP contribution in [0, 0.1) is 0 Å². The summed E-state index contributed by atoms with van der Waals surface area (Å²) in [5.74, 6) is 0.496. The van der Waals surface area contributed by atoms with E-state index in [4.69, 9.17) is 5.73 Å². The first kappa shape index (κ1) is 6.88. The van der Waals surface area contributed by atoms with Gasteiger partial charge in [-0.3, -0.25) is 0 Å². The summed E-state index contributed by atoms with van der Waals surface area (Å²) in [5.41, 5.74) is 5.16. The lowest BCUT2D eigenvalue weighted by molar-refractivity contribution is 1.51. The summed E-state index contributed by atoms with van der Waals surface area (Å²) < 4.78 is 0. The molecular formula is C5H9N3. The fraction of sp³-hybridized carbons (Fsp3) is 0.200. The van der Waals surface area contributed by atoms with Crippen molar-refractivity contribution in [2.45, 2.75) is 6.92 Å². The van der Waals surface area contributed by atoms with Gasteiger partial charge in [-0.15, -0.1) is 0 Å². The minimum absolute atomic E-state index is 0.496. The molecule has 0 aromatic carbocycles. The van der Waals surface area contributed by atoms with Gasteiger partial charge in [0.05, 0.1) is 5.84 Å². The lowest BCUT2D eigenvalue weighted by atomic mass is 10.7. The van der Waals surface area contributed by atoms with Crippen LogP contribution in [-0.4, -0.2) is 12.2 Å². The molecule has 3 heteroatoms. The minimum atomic E-state index is 0.496. The van der Waals surface area contributed by atoms with E-state index in [0.717, 1.165) is 0 Å². The van der Waals surface area contributed by atoms with Crippen LogP contribution in [0.3, 0.4) is 0 Å². The van der Waals surface area contributed by atoms with E-state index in [1.807, 2.05) is 0 Å². The van der Waals surface area contributed by atoms with Crippen LogP contribution >= 0.6 is 0 Å². The van der Waals surface area contributed by atoms with Crippen molar-refractivity contribution < 1.29 is 0 Å². The van der Waals surface area contributed by atoms with E-state index in [1.165, 1.54) is 12.5 Å². The number of rotatable bonds is 2. The van der Waals surface area contributed by atoms with Crippen LogP contribution in [-0.2, 0) is 0 Å². The van der Waals surface area contributed by atoms with Gasteiger partial charge in [0.2, 0.25) is 0 Å². The molecule has 0 amide bonds. The molecule has 0 rings (SSSR count). The van der Waals surface area contributed by atoms with Crippen LogP contribution in [0.5, 0.6) is 0 Å². The van der Waals surface area contributed by atoms with E-state index >= 15 is 0 Å². The summed E-state index contributed by atoms with van der Waals surface area (Å²) in [7, 11) is 0. The highest BCUT2D eigenvalue weighted by molar-refractivity contribution is 5.85. The lowest BCUT2D eigenvalue weighted by Crippen LogP contribution is -2.04. The highest BCUT2D eigenvalue weighted by atomic mass is 14.9. The first-order chi connectivity index (χ1) is 3.77. The molecule has 0 aliphatic carbocycles. The maximum absolute atomic E-state index is 5.16. The predicted octanol–water partition coefficient (Wildman–Crippen LogP) is 0.535. The van der Waals surface area contributed by atoms with Crippen molar-refractivity contribution in [1.82, 2.24) is 0 Å². The number of hydrogen-bond donors (Lipinski definition) is 1. The fourth-order valence-corrected chi connectivity index (χ4v) is 0.172. The van der Waals surface area contributed by atoms with Gasteiger partial charge >= 0.3 is 0 Å². The van der Waals surface area contributed by atoms with Crippen LogP contribution in [0.1, 0.15) is 6.92 Å². The van der Waals surface area contributed by atoms with Crippen molar-refractivity contribution in [3.8, 4) is 0 Å². The van der Waals surface area contributed by atoms with Gasteiger partial charge in [-0.1, -0.05) is 6.58 Å². The van der Waals surface area contributed by atoms with Crippen LogP contribution in [0.15, 0.2) is 22.8 Å². The van der Waals surface area contributed by atoms with Crippen LogP contribution < -0.4 is 5.73 Å². The Morgan fingerprint density at radius 1 is 1.75 bits per heavy atom. The van der Waals surface area contributed by atoms with Gasteiger partial charge in [0.25, 0.3) is 0 Å². The van der Waals surface area contributed by atoms with Crippen molar-refractivity contribution in [1.29, 1.82) is 0 Å². The maximum Gasteiger partial charge on any atom is 0.117 e. The quantitative estimate of drug-likeness (QED) is 0.410. The number of aliphatic imine (C=N–C) groups is 2. The zero-order valence-electron chi connectivity index (χ0n) is 4.83. The molecule has 8 heavy (non-hydrogen) atoms. The summed E-state index contributed by atoms with van der Waals surface area (Å²) in [5, 5.41) is 0. The molecule has 44 valence electrons. The summed E-state index contributed by atoms with van der Waals surface area (Å²) in [6.07, 6.45) is 2.74. The smallest absolute Gasteiger partial charge is 0.117 e. The Balaban J connectivity index is 3.57. The Hall–Kier alpha value is -1.12. The SMILES string of the molecule is C=C/N=C\N=C(/C)N. The number of hydrogen-bond acceptors (Lipinski definition) is 1. The van der Waals surface area contributed by atoms with Crippen LogP contribution in [0.25, 0.3) is 0 Å². The monoisotopic (exact) mass is 111 g/mol. The van der Waals surface area contributed by atoms with Gasteiger partial charge in [-0.2, -0.15) is 0 Å². The zero-order valence-corrected chi connectivity index (χ0v) is 4.83. The Kier molecular flexibility index (Phi) is 3.48. The Labute approximate surface area is 48.6 Å². The standard InChI is InChI=1S/C5H9N3/c1-3-7-4-8-5(2)6/h3-4H,1H2,2H3,(H2,6,7,8). The molecular weight excluding hydrogens is 102 g/mol. The Morgan fingerprint density at radius 3 is 2.75 bits per heavy atom. The molecule has 0 heterocycles. The summed E-state index contributed by atoms with van der Waals surface area (Å²) in [6.45, 7) is 5.04. The largest absolute Gasteiger partial charge is 0.387 e. The molecule has 0 spiro atoms. The topological polar surface area (TPSA) is 50.7 Å². The van der Waals surface area contributed by atoms with Gasteiger partial charge in [0.15, 0.2) is 0 Å². The van der Waals surface area contributed by atoms with E-state index in [-0.39, 0.29) is 0 Å². The van der Waals surface area contributed by atoms with E-state index in [0.29, 0.717) is 5.84 Å². The molecule has 0 saturated heterocycles. The van der Waals surface area contributed by atoms with Gasteiger partial charge in [0, 0.05) is 6.20 Å². The third kappa shape index (κ3) is 4.88. The molecule has 0 atom stereocenters. The molecule has 0 bridgehead atoms. The van der Waals surface area contributed by atoms with Crippen molar-refractivity contribution in [2.75, 3.05) is 0 Å². The first-order valence-electron chi connectivity index (χ1n) is 2.20. The highest BCUT2D eigenvalue weighted by Crippen LogP contribution is 1.65. The number of nitrogens with two attached hydrogens (primary N) is 1. The molecule has 0 fully saturated rings. The highest BCUT2D eigenvalue weighted by Gasteiger charge is 1.68. The van der Waals surface area contributed by atoms with Gasteiger partial charge in [0.1, 0.15) is 6.34 Å². The van der Waals surface area contributed by atoms with Crippen LogP contribution in [0.2, 0.25) is 0 Å². The molecule has 2 N–H and O–H groups in total. The Morgan fingerprint density at radius 2 is 2.38 bits per heavy atom. The average molecular weight is 111 g/mol. The Bertz CT molecular complexity index is 120. The van der Waals surface area contributed by atoms with Crippen molar-refractivity contribution in [3.05, 3.63) is 12.8 Å². The zero-order chi connectivity index (χ0) is 6.41. The molecule has 0 unspecified atom stereocenters. The van der Waals surface area contributed by atoms with Crippen molar-refractivity contribution >= 4 is 12.2 Å². The molecule has 0 aliphatic heterocycles. The number of nitrogens with zero attached hydrogens (tertiary/aromatic N) is 2. The van der Waals surface area contributed by atoms with E-state index in [2.05, 4.69) is 16.6 Å². The molecule has 0 saturated carbocycles. The molecule has 0 aromatic heterocycles. The van der Waals surface area contributed by atoms with Gasteiger partial charge in [-0.25, -0.2) is 9.98 Å². The maximum atomic E-state index is 5.16. The second-order valence-electron chi connectivity index (χ2n) is 1.22. The van der Waals surface area contributed by atoms with Crippen molar-refractivity contribution in [2.24, 2.45) is 15.7 Å². The normalized spacial score (nSPS) is 12.4. The third-order valence-corrected chi connectivity index (χ3v) is 0.433. The van der Waals surface area contributed by atoms with E-state index < -0.39 is 0 Å². The minimum Gasteiger partial charge on any atom is -0.387 e. The van der Waals surface area contributed by atoms with Gasteiger partial charge in [-0.05, 0) is 6.92 Å². The molecule has 3 nitrogen and oxygen atoms in total. The first-order valence-corrected chi connectivity index (χ1v) is 2.20. The second kappa shape index (κ2) is 4.05. The molecule has 0 radical (unpaired) electrons. The number of amidine groups is 1. The summed E-state index contributed by atoms with van der Waals surface area (Å²) >= 11 is 0. The van der Waals surface area contributed by atoms with E-state index in [1.54, 1.807) is 6.92 Å². The van der Waals surface area contributed by atoms with Gasteiger partial charge < -0.3 is 5.73 Å². The predicted molar refractivity (Wildman–Crippen MR) is 36.0 cm³/mol. The average Bonchev–Trinajstić information content (AvgIpc) is 1.66.